The first kappa shape index (κ1) is 29.4. The Bertz CT molecular complexity index is 1300. The lowest BCUT2D eigenvalue weighted by molar-refractivity contribution is -0.152. The van der Waals surface area contributed by atoms with Gasteiger partial charge in [-0.1, -0.05) is 32.0 Å². The van der Waals surface area contributed by atoms with Gasteiger partial charge in [0.25, 0.3) is 5.91 Å². The number of aliphatic carboxylic acids is 1. The van der Waals surface area contributed by atoms with Crippen molar-refractivity contribution in [2.45, 2.75) is 83.7 Å². The van der Waals surface area contributed by atoms with Gasteiger partial charge in [-0.15, -0.1) is 0 Å². The summed E-state index contributed by atoms with van der Waals surface area (Å²) in [6, 6.07) is 5.85. The van der Waals surface area contributed by atoms with E-state index in [0.29, 0.717) is 36.0 Å². The third-order valence-electron chi connectivity index (χ3n) is 10.1. The number of fused-ring (bicyclic) bond motifs is 1. The summed E-state index contributed by atoms with van der Waals surface area (Å²) in [7, 11) is 1.47. The number of methoxy groups -OCH3 is 1. The van der Waals surface area contributed by atoms with Gasteiger partial charge in [0.2, 0.25) is 0 Å². The minimum atomic E-state index is -4.86. The Hall–Kier alpha value is -3.08. The Kier molecular flexibility index (Phi) is 7.41. The molecule has 1 unspecified atom stereocenters. The van der Waals surface area contributed by atoms with Crippen LogP contribution in [0.25, 0.3) is 0 Å². The minimum absolute atomic E-state index is 0.139. The molecule has 0 saturated heterocycles. The Morgan fingerprint density at radius 2 is 1.76 bits per heavy atom. The number of aromatic nitrogens is 2. The van der Waals surface area contributed by atoms with Crippen molar-refractivity contribution < 1.29 is 37.7 Å². The number of ether oxygens (including phenoxy) is 1. The highest BCUT2D eigenvalue weighted by Gasteiger charge is 2.63. The maximum atomic E-state index is 14.6. The van der Waals surface area contributed by atoms with Gasteiger partial charge in [-0.3, -0.25) is 14.3 Å². The number of alkyl halides is 3. The zero-order valence-corrected chi connectivity index (χ0v) is 23.8. The minimum Gasteiger partial charge on any atom is -0.496 e. The highest BCUT2D eigenvalue weighted by atomic mass is 19.4. The zero-order chi connectivity index (χ0) is 29.9. The SMILES string of the molecule is COc1ccccc1[C@H](O)CN(C(=O)c1cnn(C2CCC(C)(C(=O)O)CC2)c1C(F)(F)F)C1C[C@@H]2[C@H](C1)C2(C)C. The topological polar surface area (TPSA) is 105 Å². The van der Waals surface area contributed by atoms with E-state index in [1.165, 1.54) is 12.0 Å². The smallest absolute Gasteiger partial charge is 0.433 e. The van der Waals surface area contributed by atoms with E-state index in [1.807, 2.05) is 0 Å². The molecule has 1 aromatic carbocycles. The normalized spacial score (nSPS) is 29.5. The van der Waals surface area contributed by atoms with Crippen molar-refractivity contribution >= 4 is 11.9 Å². The van der Waals surface area contributed by atoms with Crippen LogP contribution in [0.3, 0.4) is 0 Å². The van der Waals surface area contributed by atoms with Crippen LogP contribution < -0.4 is 4.74 Å². The number of carboxylic acid groups (broad SMARTS) is 1. The van der Waals surface area contributed by atoms with Crippen molar-refractivity contribution in [2.75, 3.05) is 13.7 Å². The van der Waals surface area contributed by atoms with Crippen molar-refractivity contribution in [3.05, 3.63) is 47.3 Å². The van der Waals surface area contributed by atoms with Gasteiger partial charge in [0.15, 0.2) is 5.69 Å². The number of hydrogen-bond donors (Lipinski definition) is 2. The van der Waals surface area contributed by atoms with E-state index in [0.717, 1.165) is 10.9 Å². The largest absolute Gasteiger partial charge is 0.496 e. The molecule has 3 aliphatic carbocycles. The monoisotopic (exact) mass is 577 g/mol. The first-order chi connectivity index (χ1) is 19.2. The summed E-state index contributed by atoms with van der Waals surface area (Å²) in [5, 5.41) is 24.8. The molecule has 2 aromatic rings. The molecule has 0 radical (unpaired) electrons. The van der Waals surface area contributed by atoms with Crippen LogP contribution in [-0.2, 0) is 11.0 Å². The summed E-state index contributed by atoms with van der Waals surface area (Å²) in [4.78, 5) is 27.1. The van der Waals surface area contributed by atoms with Gasteiger partial charge in [-0.25, -0.2) is 0 Å². The molecule has 4 atom stereocenters. The molecular formula is C30H38F3N3O5. The van der Waals surface area contributed by atoms with Crippen LogP contribution in [0.1, 0.15) is 93.1 Å². The van der Waals surface area contributed by atoms with Crippen LogP contribution in [0, 0.1) is 22.7 Å². The molecule has 5 rings (SSSR count). The molecule has 224 valence electrons. The molecule has 0 aliphatic heterocycles. The second-order valence-electron chi connectivity index (χ2n) is 12.8. The predicted molar refractivity (Wildman–Crippen MR) is 143 cm³/mol. The number of hydrogen-bond acceptors (Lipinski definition) is 5. The summed E-state index contributed by atoms with van der Waals surface area (Å²) in [6.07, 6.45) is -2.88. The maximum absolute atomic E-state index is 14.6. The standard InChI is InChI=1S/C30H38F3N3O5/c1-28(2)21-13-18(14-22(21)28)35(16-23(37)19-7-5-6-8-24(19)41-4)26(38)20-15-34-36(25(20)30(31,32)33)17-9-11-29(3,12-10-17)27(39)40/h5-8,15,17-18,21-23,37H,9-14,16H2,1-4H3,(H,39,40)/t17?,18?,21-,22+,23-,29?/m1/s1. The second kappa shape index (κ2) is 10.3. The number of halogens is 3. The van der Waals surface area contributed by atoms with Crippen LogP contribution in [0.4, 0.5) is 13.2 Å². The number of carbonyl (C=O) groups is 2. The fraction of sp³-hybridized carbons (Fsp3) is 0.633. The number of aliphatic hydroxyl groups is 1. The highest BCUT2D eigenvalue weighted by molar-refractivity contribution is 5.95. The number of benzene rings is 1. The van der Waals surface area contributed by atoms with Crippen LogP contribution in [0.5, 0.6) is 5.75 Å². The summed E-state index contributed by atoms with van der Waals surface area (Å²) >= 11 is 0. The van der Waals surface area contributed by atoms with Crippen LogP contribution in [0.15, 0.2) is 30.5 Å². The molecule has 3 fully saturated rings. The summed E-state index contributed by atoms with van der Waals surface area (Å²) in [6.45, 7) is 5.75. The summed E-state index contributed by atoms with van der Waals surface area (Å²) in [5.74, 6) is -0.598. The van der Waals surface area contributed by atoms with Crippen LogP contribution in [-0.4, -0.2) is 56.5 Å². The zero-order valence-electron chi connectivity index (χ0n) is 23.8. The van der Waals surface area contributed by atoms with E-state index >= 15 is 0 Å². The van der Waals surface area contributed by atoms with E-state index < -0.39 is 46.9 Å². The molecule has 3 aliphatic rings. The van der Waals surface area contributed by atoms with Crippen molar-refractivity contribution in [1.29, 1.82) is 0 Å². The van der Waals surface area contributed by atoms with Gasteiger partial charge < -0.3 is 19.8 Å². The third-order valence-corrected chi connectivity index (χ3v) is 10.1. The molecule has 1 heterocycles. The van der Waals surface area contributed by atoms with Crippen molar-refractivity contribution in [2.24, 2.45) is 22.7 Å². The van der Waals surface area contributed by atoms with Gasteiger partial charge in [0.05, 0.1) is 36.9 Å². The maximum Gasteiger partial charge on any atom is 0.433 e. The lowest BCUT2D eigenvalue weighted by Gasteiger charge is -2.35. The van der Waals surface area contributed by atoms with Gasteiger partial charge in [-0.2, -0.15) is 18.3 Å². The lowest BCUT2D eigenvalue weighted by Crippen LogP contribution is -2.43. The molecule has 11 heteroatoms. The number of rotatable bonds is 8. The first-order valence-electron chi connectivity index (χ1n) is 14.2. The molecule has 0 spiro atoms. The number of carbonyl (C=O) groups excluding carboxylic acids is 1. The Morgan fingerprint density at radius 1 is 1.15 bits per heavy atom. The predicted octanol–water partition coefficient (Wildman–Crippen LogP) is 5.73. The fourth-order valence-corrected chi connectivity index (χ4v) is 7.29. The second-order valence-corrected chi connectivity index (χ2v) is 12.8. The Labute approximate surface area is 237 Å². The Balaban J connectivity index is 1.46. The van der Waals surface area contributed by atoms with Crippen molar-refractivity contribution in [3.8, 4) is 5.75 Å². The number of carboxylic acids is 1. The summed E-state index contributed by atoms with van der Waals surface area (Å²) < 4.78 is 50.0. The van der Waals surface area contributed by atoms with Gasteiger partial charge in [0, 0.05) is 11.6 Å². The highest BCUT2D eigenvalue weighted by Crippen LogP contribution is 2.67. The third kappa shape index (κ3) is 5.21. The van der Waals surface area contributed by atoms with Gasteiger partial charge in [0.1, 0.15) is 11.9 Å². The first-order valence-corrected chi connectivity index (χ1v) is 14.2. The lowest BCUT2D eigenvalue weighted by atomic mass is 9.74. The summed E-state index contributed by atoms with van der Waals surface area (Å²) in [5.41, 5.74) is -2.07. The van der Waals surface area contributed by atoms with E-state index in [4.69, 9.17) is 4.74 Å². The molecule has 41 heavy (non-hydrogen) atoms. The number of aliphatic hydroxyl groups excluding tert-OH is 1. The van der Waals surface area contributed by atoms with Crippen molar-refractivity contribution in [3.63, 3.8) is 0 Å². The molecule has 2 N–H and O–H groups in total. The van der Waals surface area contributed by atoms with Crippen molar-refractivity contribution in [1.82, 2.24) is 14.7 Å². The molecular weight excluding hydrogens is 539 g/mol. The van der Waals surface area contributed by atoms with E-state index in [9.17, 15) is 33.0 Å². The fourth-order valence-electron chi connectivity index (χ4n) is 7.29. The van der Waals surface area contributed by atoms with Crippen LogP contribution >= 0.6 is 0 Å². The molecule has 1 aromatic heterocycles. The average molecular weight is 578 g/mol. The van der Waals surface area contributed by atoms with E-state index in [-0.39, 0.29) is 43.7 Å². The van der Waals surface area contributed by atoms with E-state index in [2.05, 4.69) is 18.9 Å². The number of amides is 1. The number of para-hydroxylation sites is 1. The molecule has 0 bridgehead atoms. The Morgan fingerprint density at radius 3 is 2.32 bits per heavy atom. The van der Waals surface area contributed by atoms with Crippen LogP contribution in [0.2, 0.25) is 0 Å². The number of nitrogens with zero attached hydrogens (tertiary/aromatic N) is 3. The molecule has 3 saturated carbocycles. The van der Waals surface area contributed by atoms with Gasteiger partial charge in [-0.05, 0) is 68.8 Å². The molecule has 8 nitrogen and oxygen atoms in total. The molecule has 1 amide bonds. The van der Waals surface area contributed by atoms with E-state index in [1.54, 1.807) is 31.2 Å². The van der Waals surface area contributed by atoms with Gasteiger partial charge >= 0.3 is 12.1 Å². The average Bonchev–Trinajstić information content (AvgIpc) is 3.35. The quantitative estimate of drug-likeness (QED) is 0.416.